The molecule has 0 N–H and O–H groups in total. The van der Waals surface area contributed by atoms with E-state index in [0.29, 0.717) is 23.0 Å². The Hall–Kier alpha value is -0.980. The lowest BCUT2D eigenvalue weighted by Gasteiger charge is -2.13. The van der Waals surface area contributed by atoms with Gasteiger partial charge in [-0.25, -0.2) is 13.4 Å². The van der Waals surface area contributed by atoms with E-state index in [4.69, 9.17) is 23.2 Å². The second-order valence-corrected chi connectivity index (χ2v) is 7.87. The summed E-state index contributed by atoms with van der Waals surface area (Å²) in [5.41, 5.74) is -7.19. The first-order chi connectivity index (χ1) is 11.2. The molecule has 2 aromatic rings. The van der Waals surface area contributed by atoms with E-state index in [9.17, 15) is 34.8 Å². The number of hydrogen-bond donors (Lipinski definition) is 0. The summed E-state index contributed by atoms with van der Waals surface area (Å²) in [6.45, 7) is 0. The Morgan fingerprint density at radius 3 is 1.92 bits per heavy atom. The van der Waals surface area contributed by atoms with Crippen LogP contribution in [0, 0.1) is 0 Å². The van der Waals surface area contributed by atoms with E-state index in [0.717, 1.165) is 0 Å². The van der Waals surface area contributed by atoms with E-state index >= 15 is 0 Å². The van der Waals surface area contributed by atoms with Crippen molar-refractivity contribution in [3.8, 4) is 5.69 Å². The topological polar surface area (TPSA) is 52.0 Å². The van der Waals surface area contributed by atoms with Crippen LogP contribution in [0.1, 0.15) is 5.56 Å². The van der Waals surface area contributed by atoms with Gasteiger partial charge in [0, 0.05) is 0 Å². The highest BCUT2D eigenvalue weighted by atomic mass is 79.9. The Morgan fingerprint density at radius 2 is 1.52 bits per heavy atom. The third-order valence-corrected chi connectivity index (χ3v) is 5.84. The molecule has 25 heavy (non-hydrogen) atoms. The molecule has 0 radical (unpaired) electrons. The average Bonchev–Trinajstić information content (AvgIpc) is 2.78. The number of nitrogens with zero attached hydrogens (tertiary/aromatic N) is 2. The van der Waals surface area contributed by atoms with Crippen LogP contribution in [0.15, 0.2) is 28.1 Å². The monoisotopic (exact) mass is 490 g/mol. The highest BCUT2D eigenvalue weighted by Gasteiger charge is 2.50. The molecule has 0 aliphatic carbocycles. The third kappa shape index (κ3) is 3.62. The highest BCUT2D eigenvalue weighted by Crippen LogP contribution is 2.40. The fourth-order valence-electron chi connectivity index (χ4n) is 1.72. The van der Waals surface area contributed by atoms with Crippen LogP contribution in [0.4, 0.5) is 26.3 Å². The van der Waals surface area contributed by atoms with Crippen LogP contribution in [-0.2, 0) is 16.0 Å². The predicted octanol–water partition coefficient (Wildman–Crippen LogP) is 5.25. The number of benzene rings is 1. The smallest absolute Gasteiger partial charge is 0.289 e. The molecule has 0 fully saturated rings. The van der Waals surface area contributed by atoms with Crippen LogP contribution in [-0.4, -0.2) is 23.5 Å². The van der Waals surface area contributed by atoms with E-state index < -0.39 is 46.8 Å². The van der Waals surface area contributed by atoms with Gasteiger partial charge >= 0.3 is 11.7 Å². The van der Waals surface area contributed by atoms with Crippen molar-refractivity contribution >= 4 is 49.0 Å². The van der Waals surface area contributed by atoms with Gasteiger partial charge in [0.1, 0.15) is 10.9 Å². The lowest BCUT2D eigenvalue weighted by molar-refractivity contribution is -0.137. The molecule has 1 aromatic carbocycles. The number of hydrogen-bond acceptors (Lipinski definition) is 3. The maximum Gasteiger partial charge on any atom is 0.503 e. The fourth-order valence-corrected chi connectivity index (χ4v) is 4.13. The molecule has 0 aliphatic rings. The van der Waals surface area contributed by atoms with Crippen molar-refractivity contribution in [3.63, 3.8) is 0 Å². The van der Waals surface area contributed by atoms with Gasteiger partial charge in [0.25, 0.3) is 9.84 Å². The van der Waals surface area contributed by atoms with Gasteiger partial charge in [-0.1, -0.05) is 23.2 Å². The van der Waals surface area contributed by atoms with Crippen molar-refractivity contribution in [1.29, 1.82) is 0 Å². The van der Waals surface area contributed by atoms with Gasteiger partial charge in [0.15, 0.2) is 5.03 Å². The molecule has 0 saturated carbocycles. The van der Waals surface area contributed by atoms with Gasteiger partial charge in [-0.3, -0.25) is 4.57 Å². The molecule has 1 aromatic heterocycles. The minimum absolute atomic E-state index is 0.376. The predicted molar refractivity (Wildman–Crippen MR) is 79.5 cm³/mol. The van der Waals surface area contributed by atoms with Crippen LogP contribution < -0.4 is 0 Å². The minimum atomic E-state index is -5.80. The molecule has 0 bridgehead atoms. The van der Waals surface area contributed by atoms with E-state index in [1.807, 2.05) is 0 Å². The van der Waals surface area contributed by atoms with Crippen LogP contribution >= 0.6 is 39.1 Å². The second kappa shape index (κ2) is 6.32. The molecule has 0 spiro atoms. The molecular formula is C11H3BrCl2F6N2O2S. The zero-order valence-electron chi connectivity index (χ0n) is 11.3. The van der Waals surface area contributed by atoms with Gasteiger partial charge in [0.2, 0.25) is 0 Å². The van der Waals surface area contributed by atoms with Crippen molar-refractivity contribution in [3.05, 3.63) is 38.7 Å². The summed E-state index contributed by atoms with van der Waals surface area (Å²) in [5, 5.41) is -2.53. The quantitative estimate of drug-likeness (QED) is 0.539. The molecule has 14 heteroatoms. The van der Waals surface area contributed by atoms with Crippen molar-refractivity contribution in [2.75, 3.05) is 0 Å². The summed E-state index contributed by atoms with van der Waals surface area (Å²) < 4.78 is 98.8. The molecule has 0 atom stereocenters. The maximum absolute atomic E-state index is 12.7. The third-order valence-electron chi connectivity index (χ3n) is 2.82. The zero-order chi connectivity index (χ0) is 19.4. The number of imidazole rings is 1. The first-order valence-electron chi connectivity index (χ1n) is 5.78. The van der Waals surface area contributed by atoms with Crippen molar-refractivity contribution in [2.24, 2.45) is 0 Å². The number of sulfone groups is 1. The summed E-state index contributed by atoms with van der Waals surface area (Å²) in [6, 6.07) is 0.986. The first-order valence-corrected chi connectivity index (χ1v) is 8.82. The largest absolute Gasteiger partial charge is 0.503 e. The van der Waals surface area contributed by atoms with Gasteiger partial charge in [-0.15, -0.1) is 0 Å². The van der Waals surface area contributed by atoms with Gasteiger partial charge < -0.3 is 0 Å². The SMILES string of the molecule is O=S(=O)(c1ncn(-c2c(Cl)cc(C(F)(F)F)cc2Cl)c1Br)C(F)(F)F. The standard InChI is InChI=1S/C11H3BrCl2F6N2O2S/c12-8-9(25(23,24)11(18,19)20)21-3-22(8)7-5(13)1-4(2-6(7)14)10(15,16)17/h1-3H. The molecule has 138 valence electrons. The normalized spacial score (nSPS) is 13.3. The molecule has 0 amide bonds. The van der Waals surface area contributed by atoms with Gasteiger partial charge in [-0.05, 0) is 28.1 Å². The lowest BCUT2D eigenvalue weighted by atomic mass is 10.2. The summed E-state index contributed by atoms with van der Waals surface area (Å²) in [5.74, 6) is 0. The number of rotatable bonds is 2. The summed E-state index contributed by atoms with van der Waals surface area (Å²) in [4.78, 5) is 3.15. The van der Waals surface area contributed by atoms with E-state index in [-0.39, 0.29) is 5.69 Å². The molecule has 0 aliphatic heterocycles. The van der Waals surface area contributed by atoms with Gasteiger partial charge in [0.05, 0.1) is 21.3 Å². The van der Waals surface area contributed by atoms with Crippen LogP contribution in [0.25, 0.3) is 5.69 Å². The van der Waals surface area contributed by atoms with Crippen molar-refractivity contribution in [1.82, 2.24) is 9.55 Å². The van der Waals surface area contributed by atoms with Crippen LogP contribution in [0.2, 0.25) is 10.0 Å². The Bertz CT molecular complexity index is 916. The minimum Gasteiger partial charge on any atom is -0.289 e. The Labute approximate surface area is 154 Å². The molecule has 4 nitrogen and oxygen atoms in total. The van der Waals surface area contributed by atoms with Crippen molar-refractivity contribution < 1.29 is 34.8 Å². The van der Waals surface area contributed by atoms with E-state index in [1.165, 1.54) is 0 Å². The Morgan fingerprint density at radius 1 is 1.04 bits per heavy atom. The molecule has 2 rings (SSSR count). The lowest BCUT2D eigenvalue weighted by Crippen LogP contribution is -2.24. The molecular weight excluding hydrogens is 489 g/mol. The van der Waals surface area contributed by atoms with Crippen LogP contribution in [0.3, 0.4) is 0 Å². The molecule has 1 heterocycles. The number of alkyl halides is 6. The van der Waals surface area contributed by atoms with E-state index in [2.05, 4.69) is 20.9 Å². The highest BCUT2D eigenvalue weighted by molar-refractivity contribution is 9.10. The van der Waals surface area contributed by atoms with Crippen molar-refractivity contribution in [2.45, 2.75) is 16.7 Å². The maximum atomic E-state index is 12.7. The Balaban J connectivity index is 2.67. The fraction of sp³-hybridized carbons (Fsp3) is 0.182. The summed E-state index contributed by atoms with van der Waals surface area (Å²) in [7, 11) is -5.80. The molecule has 0 unspecified atom stereocenters. The summed E-state index contributed by atoms with van der Waals surface area (Å²) in [6.07, 6.45) is -4.13. The number of aromatic nitrogens is 2. The second-order valence-electron chi connectivity index (χ2n) is 4.45. The van der Waals surface area contributed by atoms with Gasteiger partial charge in [-0.2, -0.15) is 26.3 Å². The Kier molecular flexibility index (Phi) is 5.14. The first kappa shape index (κ1) is 20.3. The average molecular weight is 492 g/mol. The molecule has 0 saturated heterocycles. The number of halogens is 9. The van der Waals surface area contributed by atoms with Crippen LogP contribution in [0.5, 0.6) is 0 Å². The zero-order valence-corrected chi connectivity index (χ0v) is 15.2. The van der Waals surface area contributed by atoms with E-state index in [1.54, 1.807) is 0 Å². The summed E-state index contributed by atoms with van der Waals surface area (Å²) >= 11 is 14.1.